The SMILES string of the molecule is CCN(CC)S(=O)(=O)c1ccc(NS(=O)(=O)c2ccc3c(c2)sc(=O)n3Cc2ccc(Cl)cc2)cc1. The van der Waals surface area contributed by atoms with Crippen molar-refractivity contribution in [1.29, 1.82) is 0 Å². The van der Waals surface area contributed by atoms with Crippen LogP contribution >= 0.6 is 22.9 Å². The van der Waals surface area contributed by atoms with Gasteiger partial charge in [0.25, 0.3) is 10.0 Å². The summed E-state index contributed by atoms with van der Waals surface area (Å²) < 4.78 is 57.3. The lowest BCUT2D eigenvalue weighted by molar-refractivity contribution is 0.445. The molecule has 0 atom stereocenters. The van der Waals surface area contributed by atoms with Gasteiger partial charge in [0, 0.05) is 23.8 Å². The van der Waals surface area contributed by atoms with Crippen LogP contribution in [0.15, 0.2) is 81.3 Å². The van der Waals surface area contributed by atoms with Gasteiger partial charge in [-0.25, -0.2) is 16.8 Å². The summed E-state index contributed by atoms with van der Waals surface area (Å²) in [4.78, 5) is 12.5. The van der Waals surface area contributed by atoms with E-state index in [-0.39, 0.29) is 20.4 Å². The highest BCUT2D eigenvalue weighted by Crippen LogP contribution is 2.25. The van der Waals surface area contributed by atoms with Crippen LogP contribution in [-0.4, -0.2) is 38.8 Å². The molecule has 36 heavy (non-hydrogen) atoms. The zero-order valence-corrected chi connectivity index (χ0v) is 22.7. The minimum atomic E-state index is -3.98. The second-order valence-corrected chi connectivity index (χ2v) is 13.0. The minimum absolute atomic E-state index is 0.00488. The average molecular weight is 566 g/mol. The van der Waals surface area contributed by atoms with E-state index in [1.165, 1.54) is 40.7 Å². The molecule has 0 amide bonds. The number of thiazole rings is 1. The maximum atomic E-state index is 13.0. The molecule has 190 valence electrons. The molecule has 0 bridgehead atoms. The first kappa shape index (κ1) is 26.4. The Morgan fingerprint density at radius 3 is 2.11 bits per heavy atom. The van der Waals surface area contributed by atoms with Gasteiger partial charge in [-0.2, -0.15) is 4.31 Å². The first-order valence-electron chi connectivity index (χ1n) is 11.1. The lowest BCUT2D eigenvalue weighted by Gasteiger charge is -2.18. The van der Waals surface area contributed by atoms with Gasteiger partial charge in [-0.05, 0) is 60.2 Å². The highest BCUT2D eigenvalue weighted by molar-refractivity contribution is 7.92. The predicted octanol–water partition coefficient (Wildman–Crippen LogP) is 4.60. The molecule has 0 spiro atoms. The van der Waals surface area contributed by atoms with Crippen LogP contribution in [0.2, 0.25) is 5.02 Å². The molecule has 0 saturated carbocycles. The highest BCUT2D eigenvalue weighted by atomic mass is 35.5. The summed E-state index contributed by atoms with van der Waals surface area (Å²) in [7, 11) is -7.62. The third-order valence-corrected chi connectivity index (χ3v) is 10.3. The van der Waals surface area contributed by atoms with E-state index in [0.717, 1.165) is 16.9 Å². The number of benzene rings is 3. The molecular weight excluding hydrogens is 542 g/mol. The highest BCUT2D eigenvalue weighted by Gasteiger charge is 2.22. The van der Waals surface area contributed by atoms with Gasteiger partial charge in [-0.15, -0.1) is 0 Å². The molecule has 0 fully saturated rings. The van der Waals surface area contributed by atoms with E-state index in [0.29, 0.717) is 34.9 Å². The van der Waals surface area contributed by atoms with Crippen LogP contribution in [-0.2, 0) is 26.6 Å². The number of fused-ring (bicyclic) bond motifs is 1. The maximum Gasteiger partial charge on any atom is 0.308 e. The van der Waals surface area contributed by atoms with Gasteiger partial charge in [0.1, 0.15) is 0 Å². The number of hydrogen-bond acceptors (Lipinski definition) is 6. The average Bonchev–Trinajstić information content (AvgIpc) is 3.15. The number of aromatic nitrogens is 1. The van der Waals surface area contributed by atoms with Crippen LogP contribution < -0.4 is 9.60 Å². The molecule has 4 aromatic rings. The zero-order valence-electron chi connectivity index (χ0n) is 19.5. The fourth-order valence-electron chi connectivity index (χ4n) is 3.76. The van der Waals surface area contributed by atoms with Gasteiger partial charge in [0.15, 0.2) is 0 Å². The Hall–Kier alpha value is -2.70. The third kappa shape index (κ3) is 5.35. The molecule has 8 nitrogen and oxygen atoms in total. The first-order chi connectivity index (χ1) is 17.0. The molecule has 0 aliphatic heterocycles. The summed E-state index contributed by atoms with van der Waals surface area (Å²) in [6.07, 6.45) is 0. The minimum Gasteiger partial charge on any atom is -0.294 e. The van der Waals surface area contributed by atoms with Crippen molar-refractivity contribution >= 4 is 58.9 Å². The second-order valence-electron chi connectivity index (χ2n) is 7.93. The summed E-state index contributed by atoms with van der Waals surface area (Å²) in [6.45, 7) is 4.52. The molecule has 4 rings (SSSR count). The number of hydrogen-bond donors (Lipinski definition) is 1. The van der Waals surface area contributed by atoms with Gasteiger partial charge in [-0.1, -0.05) is 48.9 Å². The maximum absolute atomic E-state index is 13.0. The Kier molecular flexibility index (Phi) is 7.58. The number of sulfonamides is 2. The molecule has 1 heterocycles. The number of rotatable bonds is 9. The van der Waals surface area contributed by atoms with Crippen LogP contribution in [0.25, 0.3) is 10.2 Å². The molecular formula is C24H24ClN3O5S3. The number of nitrogens with zero attached hydrogens (tertiary/aromatic N) is 2. The molecule has 0 aliphatic rings. The van der Waals surface area contributed by atoms with E-state index < -0.39 is 20.0 Å². The topological polar surface area (TPSA) is 106 Å². The Balaban J connectivity index is 1.58. The second kappa shape index (κ2) is 10.3. The van der Waals surface area contributed by atoms with E-state index in [9.17, 15) is 21.6 Å². The molecule has 1 N–H and O–H groups in total. The Morgan fingerprint density at radius 1 is 0.889 bits per heavy atom. The number of nitrogens with one attached hydrogen (secondary N) is 1. The van der Waals surface area contributed by atoms with Crippen molar-refractivity contribution in [2.45, 2.75) is 30.2 Å². The zero-order chi connectivity index (χ0) is 26.1. The summed E-state index contributed by atoms with van der Waals surface area (Å²) in [5, 5.41) is 0.601. The van der Waals surface area contributed by atoms with Crippen molar-refractivity contribution in [2.24, 2.45) is 0 Å². The summed E-state index contributed by atoms with van der Waals surface area (Å²) in [5.41, 5.74) is 1.75. The fourth-order valence-corrected chi connectivity index (χ4v) is 7.43. The van der Waals surface area contributed by atoms with Crippen LogP contribution in [0.1, 0.15) is 19.4 Å². The van der Waals surface area contributed by atoms with Crippen LogP contribution in [0.4, 0.5) is 5.69 Å². The van der Waals surface area contributed by atoms with Crippen LogP contribution in [0, 0.1) is 0 Å². The van der Waals surface area contributed by atoms with Crippen LogP contribution in [0.5, 0.6) is 0 Å². The monoisotopic (exact) mass is 565 g/mol. The van der Waals surface area contributed by atoms with Crippen molar-refractivity contribution in [2.75, 3.05) is 17.8 Å². The molecule has 0 saturated heterocycles. The van der Waals surface area contributed by atoms with E-state index in [4.69, 9.17) is 11.6 Å². The van der Waals surface area contributed by atoms with Gasteiger partial charge >= 0.3 is 4.87 Å². The Labute approximate surface area is 218 Å². The molecule has 0 aliphatic carbocycles. The Bertz CT molecular complexity index is 1660. The molecule has 0 unspecified atom stereocenters. The first-order valence-corrected chi connectivity index (χ1v) is 15.2. The van der Waals surface area contributed by atoms with Crippen molar-refractivity contribution in [3.8, 4) is 0 Å². The van der Waals surface area contributed by atoms with Crippen molar-refractivity contribution in [3.63, 3.8) is 0 Å². The van der Waals surface area contributed by atoms with Gasteiger partial charge in [-0.3, -0.25) is 14.1 Å². The van der Waals surface area contributed by atoms with Gasteiger partial charge in [0.05, 0.1) is 26.6 Å². The molecule has 12 heteroatoms. The molecule has 0 radical (unpaired) electrons. The third-order valence-electron chi connectivity index (χ3n) is 5.65. The van der Waals surface area contributed by atoms with Gasteiger partial charge < -0.3 is 0 Å². The summed E-state index contributed by atoms with van der Waals surface area (Å²) >= 11 is 6.90. The van der Waals surface area contributed by atoms with Crippen molar-refractivity contribution in [3.05, 3.63) is 87.0 Å². The standard InChI is InChI=1S/C24H24ClN3O5S3/c1-3-27(4-2)36(32,33)20-11-9-19(10-12-20)26-35(30,31)21-13-14-22-23(15-21)34-24(29)28(22)16-17-5-7-18(25)8-6-17/h5-15,26H,3-4,16H2,1-2H3. The van der Waals surface area contributed by atoms with E-state index in [1.807, 2.05) is 12.1 Å². The predicted molar refractivity (Wildman–Crippen MR) is 144 cm³/mol. The summed E-state index contributed by atoms with van der Waals surface area (Å²) in [6, 6.07) is 17.2. The smallest absolute Gasteiger partial charge is 0.294 e. The lowest BCUT2D eigenvalue weighted by Crippen LogP contribution is -2.30. The van der Waals surface area contributed by atoms with Gasteiger partial charge in [0.2, 0.25) is 10.0 Å². The molecule has 3 aromatic carbocycles. The largest absolute Gasteiger partial charge is 0.308 e. The Morgan fingerprint density at radius 2 is 1.50 bits per heavy atom. The number of halogens is 1. The lowest BCUT2D eigenvalue weighted by atomic mass is 10.2. The normalized spacial score (nSPS) is 12.3. The van der Waals surface area contributed by atoms with E-state index in [2.05, 4.69) is 4.72 Å². The summed E-state index contributed by atoms with van der Waals surface area (Å²) in [5.74, 6) is 0. The van der Waals surface area contributed by atoms with Crippen LogP contribution in [0.3, 0.4) is 0 Å². The quantitative estimate of drug-likeness (QED) is 0.319. The number of anilines is 1. The van der Waals surface area contributed by atoms with E-state index >= 15 is 0 Å². The van der Waals surface area contributed by atoms with Crippen molar-refractivity contribution in [1.82, 2.24) is 8.87 Å². The van der Waals surface area contributed by atoms with E-state index in [1.54, 1.807) is 36.6 Å². The van der Waals surface area contributed by atoms with Crippen molar-refractivity contribution < 1.29 is 16.8 Å². The molecule has 1 aromatic heterocycles. The fraction of sp³-hybridized carbons (Fsp3) is 0.208.